The van der Waals surface area contributed by atoms with E-state index in [0.29, 0.717) is 18.8 Å². The fraction of sp³-hybridized carbons (Fsp3) is 0.462. The molecule has 1 aromatic rings. The quantitative estimate of drug-likeness (QED) is 0.625. The number of nitrogen functional groups attached to an aromatic ring is 2. The Balaban J connectivity index is 2.22. The maximum atomic E-state index is 14.1. The number of anilines is 3. The molecule has 0 aliphatic carbocycles. The first-order chi connectivity index (χ1) is 9.04. The fourth-order valence-electron chi connectivity index (χ4n) is 2.40. The lowest BCUT2D eigenvalue weighted by molar-refractivity contribution is -0.145. The normalized spacial score (nSPS) is 19.3. The molecule has 0 aromatic heterocycles. The third-order valence-electron chi connectivity index (χ3n) is 3.49. The second kappa shape index (κ2) is 5.34. The summed E-state index contributed by atoms with van der Waals surface area (Å²) in [5.74, 6) is -1.00. The van der Waals surface area contributed by atoms with Crippen LogP contribution in [0, 0.1) is 11.7 Å². The van der Waals surface area contributed by atoms with Gasteiger partial charge in [0.25, 0.3) is 0 Å². The van der Waals surface area contributed by atoms with Gasteiger partial charge in [0.15, 0.2) is 5.82 Å². The van der Waals surface area contributed by atoms with Crippen LogP contribution in [0.15, 0.2) is 12.1 Å². The highest BCUT2D eigenvalue weighted by Crippen LogP contribution is 2.31. The average molecular weight is 267 g/mol. The number of hydrogen-bond donors (Lipinski definition) is 2. The molecule has 0 bridgehead atoms. The number of rotatable bonds is 2. The molecule has 104 valence electrons. The zero-order chi connectivity index (χ0) is 14.0. The van der Waals surface area contributed by atoms with E-state index >= 15 is 0 Å². The highest BCUT2D eigenvalue weighted by atomic mass is 19.1. The molecule has 1 heterocycles. The van der Waals surface area contributed by atoms with E-state index in [1.54, 1.807) is 12.1 Å². The molecular formula is C13H18FN3O2. The van der Waals surface area contributed by atoms with Crippen LogP contribution in [-0.2, 0) is 9.53 Å². The molecule has 5 nitrogen and oxygen atoms in total. The van der Waals surface area contributed by atoms with E-state index < -0.39 is 5.82 Å². The highest BCUT2D eigenvalue weighted by molar-refractivity contribution is 5.75. The molecule has 4 N–H and O–H groups in total. The van der Waals surface area contributed by atoms with E-state index in [1.807, 2.05) is 4.90 Å². The molecule has 0 radical (unpaired) electrons. The third kappa shape index (κ3) is 2.57. The van der Waals surface area contributed by atoms with Gasteiger partial charge in [0.2, 0.25) is 0 Å². The predicted octanol–water partition coefficient (Wildman–Crippen LogP) is 1.38. The molecule has 6 heteroatoms. The number of piperidine rings is 1. The van der Waals surface area contributed by atoms with Crippen LogP contribution in [-0.4, -0.2) is 26.2 Å². The minimum atomic E-state index is -0.523. The Kier molecular flexibility index (Phi) is 3.78. The van der Waals surface area contributed by atoms with Gasteiger partial charge >= 0.3 is 5.97 Å². The van der Waals surface area contributed by atoms with Crippen LogP contribution in [0.25, 0.3) is 0 Å². The number of ether oxygens (including phenoxy) is 1. The van der Waals surface area contributed by atoms with E-state index in [4.69, 9.17) is 16.2 Å². The van der Waals surface area contributed by atoms with Gasteiger partial charge in [-0.1, -0.05) is 0 Å². The van der Waals surface area contributed by atoms with Crippen molar-refractivity contribution >= 4 is 23.0 Å². The molecule has 1 fully saturated rings. The SMILES string of the molecule is COC(=O)C1CCCN(c2ccc(N)c(N)c2F)C1. The number of nitrogens with zero attached hydrogens (tertiary/aromatic N) is 1. The summed E-state index contributed by atoms with van der Waals surface area (Å²) in [4.78, 5) is 13.4. The molecule has 1 aromatic carbocycles. The second-order valence-corrected chi connectivity index (χ2v) is 4.71. The molecule has 0 amide bonds. The Labute approximate surface area is 111 Å². The molecule has 0 spiro atoms. The summed E-state index contributed by atoms with van der Waals surface area (Å²) in [6, 6.07) is 3.18. The van der Waals surface area contributed by atoms with E-state index in [0.717, 1.165) is 12.8 Å². The largest absolute Gasteiger partial charge is 0.469 e. The summed E-state index contributed by atoms with van der Waals surface area (Å²) in [7, 11) is 1.36. The first kappa shape index (κ1) is 13.5. The topological polar surface area (TPSA) is 81.6 Å². The minimum Gasteiger partial charge on any atom is -0.469 e. The number of halogens is 1. The van der Waals surface area contributed by atoms with Crippen molar-refractivity contribution in [2.24, 2.45) is 5.92 Å². The number of carbonyl (C=O) groups is 1. The van der Waals surface area contributed by atoms with E-state index in [1.165, 1.54) is 7.11 Å². The van der Waals surface area contributed by atoms with Gasteiger partial charge in [0, 0.05) is 13.1 Å². The van der Waals surface area contributed by atoms with E-state index in [-0.39, 0.29) is 23.3 Å². The first-order valence-corrected chi connectivity index (χ1v) is 6.20. The lowest BCUT2D eigenvalue weighted by Gasteiger charge is -2.33. The van der Waals surface area contributed by atoms with Gasteiger partial charge in [-0.2, -0.15) is 0 Å². The van der Waals surface area contributed by atoms with Crippen LogP contribution >= 0.6 is 0 Å². The summed E-state index contributed by atoms with van der Waals surface area (Å²) in [5.41, 5.74) is 11.7. The van der Waals surface area contributed by atoms with Crippen LogP contribution in [0.2, 0.25) is 0 Å². The molecule has 2 rings (SSSR count). The van der Waals surface area contributed by atoms with Crippen LogP contribution in [0.1, 0.15) is 12.8 Å². The maximum Gasteiger partial charge on any atom is 0.310 e. The summed E-state index contributed by atoms with van der Waals surface area (Å²) in [6.07, 6.45) is 1.57. The number of esters is 1. The van der Waals surface area contributed by atoms with Crippen LogP contribution in [0.4, 0.5) is 21.5 Å². The maximum absolute atomic E-state index is 14.1. The monoisotopic (exact) mass is 267 g/mol. The van der Waals surface area contributed by atoms with Crippen molar-refractivity contribution in [2.75, 3.05) is 36.6 Å². The Morgan fingerprint density at radius 1 is 1.47 bits per heavy atom. The Hall–Kier alpha value is -1.98. The molecule has 1 unspecified atom stereocenters. The Morgan fingerprint density at radius 2 is 2.21 bits per heavy atom. The van der Waals surface area contributed by atoms with Crippen molar-refractivity contribution in [3.05, 3.63) is 17.9 Å². The van der Waals surface area contributed by atoms with Crippen molar-refractivity contribution in [3.8, 4) is 0 Å². The zero-order valence-corrected chi connectivity index (χ0v) is 10.9. The third-order valence-corrected chi connectivity index (χ3v) is 3.49. The van der Waals surface area contributed by atoms with Crippen molar-refractivity contribution in [1.82, 2.24) is 0 Å². The van der Waals surface area contributed by atoms with Gasteiger partial charge in [-0.3, -0.25) is 4.79 Å². The number of hydrogen-bond acceptors (Lipinski definition) is 5. The van der Waals surface area contributed by atoms with Gasteiger partial charge in [0.1, 0.15) is 0 Å². The molecule has 1 aliphatic rings. The average Bonchev–Trinajstić information content (AvgIpc) is 2.44. The first-order valence-electron chi connectivity index (χ1n) is 6.20. The highest BCUT2D eigenvalue weighted by Gasteiger charge is 2.28. The zero-order valence-electron chi connectivity index (χ0n) is 10.9. The second-order valence-electron chi connectivity index (χ2n) is 4.71. The van der Waals surface area contributed by atoms with Gasteiger partial charge in [0.05, 0.1) is 30.1 Å². The van der Waals surface area contributed by atoms with Crippen LogP contribution in [0.3, 0.4) is 0 Å². The standard InChI is InChI=1S/C13H18FN3O2/c1-19-13(18)8-3-2-6-17(7-8)10-5-4-9(15)12(16)11(10)14/h4-5,8H,2-3,6-7,15-16H2,1H3. The van der Waals surface area contributed by atoms with Crippen molar-refractivity contribution in [2.45, 2.75) is 12.8 Å². The molecule has 1 saturated heterocycles. The summed E-state index contributed by atoms with van der Waals surface area (Å²) >= 11 is 0. The molecular weight excluding hydrogens is 249 g/mol. The molecule has 0 saturated carbocycles. The van der Waals surface area contributed by atoms with Crippen LogP contribution in [0.5, 0.6) is 0 Å². The summed E-state index contributed by atoms with van der Waals surface area (Å²) in [6.45, 7) is 1.13. The lowest BCUT2D eigenvalue weighted by Crippen LogP contribution is -2.39. The van der Waals surface area contributed by atoms with Crippen molar-refractivity contribution in [3.63, 3.8) is 0 Å². The van der Waals surface area contributed by atoms with Gasteiger partial charge in [-0.15, -0.1) is 0 Å². The lowest BCUT2D eigenvalue weighted by atomic mass is 9.97. The minimum absolute atomic E-state index is 0.0438. The van der Waals surface area contributed by atoms with Gasteiger partial charge in [-0.25, -0.2) is 4.39 Å². The number of methoxy groups -OCH3 is 1. The number of nitrogens with two attached hydrogens (primary N) is 2. The van der Waals surface area contributed by atoms with Gasteiger partial charge in [-0.05, 0) is 25.0 Å². The predicted molar refractivity (Wildman–Crippen MR) is 72.2 cm³/mol. The smallest absolute Gasteiger partial charge is 0.310 e. The van der Waals surface area contributed by atoms with Crippen molar-refractivity contribution < 1.29 is 13.9 Å². The van der Waals surface area contributed by atoms with Crippen molar-refractivity contribution in [1.29, 1.82) is 0 Å². The number of benzene rings is 1. The molecule has 19 heavy (non-hydrogen) atoms. The van der Waals surface area contributed by atoms with Crippen LogP contribution < -0.4 is 16.4 Å². The number of carbonyl (C=O) groups excluding carboxylic acids is 1. The molecule has 1 aliphatic heterocycles. The van der Waals surface area contributed by atoms with E-state index in [2.05, 4.69) is 0 Å². The Morgan fingerprint density at radius 3 is 2.89 bits per heavy atom. The van der Waals surface area contributed by atoms with Gasteiger partial charge < -0.3 is 21.1 Å². The fourth-order valence-corrected chi connectivity index (χ4v) is 2.40. The summed E-state index contributed by atoms with van der Waals surface area (Å²) in [5, 5.41) is 0. The Bertz CT molecular complexity index is 493. The van der Waals surface area contributed by atoms with E-state index in [9.17, 15) is 9.18 Å². The summed E-state index contributed by atoms with van der Waals surface area (Å²) < 4.78 is 18.8. The molecule has 1 atom stereocenters.